The molecule has 1 saturated heterocycles. The van der Waals surface area contributed by atoms with Crippen molar-refractivity contribution in [2.24, 2.45) is 5.41 Å². The predicted octanol–water partition coefficient (Wildman–Crippen LogP) is 2.13. The lowest BCUT2D eigenvalue weighted by Gasteiger charge is -2.20. The van der Waals surface area contributed by atoms with E-state index in [0.717, 1.165) is 19.5 Å². The van der Waals surface area contributed by atoms with Crippen LogP contribution in [0.15, 0.2) is 24.9 Å². The Kier molecular flexibility index (Phi) is 2.99. The van der Waals surface area contributed by atoms with Crippen molar-refractivity contribution in [2.45, 2.75) is 20.3 Å². The first-order chi connectivity index (χ1) is 6.44. The van der Waals surface area contributed by atoms with Crippen molar-refractivity contribution >= 4 is 6.03 Å². The Morgan fingerprint density at radius 2 is 2.21 bits per heavy atom. The van der Waals surface area contributed by atoms with Gasteiger partial charge in [-0.1, -0.05) is 27.0 Å². The number of hydrogen-bond acceptors (Lipinski definition) is 1. The third-order valence-electron chi connectivity index (χ3n) is 2.48. The van der Waals surface area contributed by atoms with Gasteiger partial charge in [0.05, 0.1) is 0 Å². The molecular weight excluding hydrogens is 176 g/mol. The van der Waals surface area contributed by atoms with Gasteiger partial charge in [0.25, 0.3) is 0 Å². The number of allylic oxidation sites excluding steroid dienone is 1. The lowest BCUT2D eigenvalue weighted by molar-refractivity contribution is 0.206. The van der Waals surface area contributed by atoms with Gasteiger partial charge in [0.1, 0.15) is 0 Å². The van der Waals surface area contributed by atoms with Crippen LogP contribution in [0.25, 0.3) is 0 Å². The SMILES string of the molecule is C=CC(=C)NC(=O)N1CCC(C)(C)C1. The minimum atomic E-state index is -0.0690. The minimum Gasteiger partial charge on any atom is -0.324 e. The highest BCUT2D eigenvalue weighted by Gasteiger charge is 2.31. The second-order valence-electron chi connectivity index (χ2n) is 4.50. The number of carbonyl (C=O) groups is 1. The van der Waals surface area contributed by atoms with E-state index in [0.29, 0.717) is 5.70 Å². The summed E-state index contributed by atoms with van der Waals surface area (Å²) in [6.07, 6.45) is 2.60. The molecule has 1 heterocycles. The summed E-state index contributed by atoms with van der Waals surface area (Å²) in [5, 5.41) is 2.68. The molecule has 0 radical (unpaired) electrons. The third-order valence-corrected chi connectivity index (χ3v) is 2.48. The van der Waals surface area contributed by atoms with Crippen molar-refractivity contribution in [2.75, 3.05) is 13.1 Å². The van der Waals surface area contributed by atoms with Crippen molar-refractivity contribution in [3.63, 3.8) is 0 Å². The minimum absolute atomic E-state index is 0.0690. The van der Waals surface area contributed by atoms with Gasteiger partial charge in [0.15, 0.2) is 0 Å². The standard InChI is InChI=1S/C11H18N2O/c1-5-9(2)12-10(14)13-7-6-11(3,4)8-13/h5H,1-2,6-8H2,3-4H3,(H,12,14). The fraction of sp³-hybridized carbons (Fsp3) is 0.545. The van der Waals surface area contributed by atoms with Crippen molar-refractivity contribution in [1.29, 1.82) is 0 Å². The van der Waals surface area contributed by atoms with Gasteiger partial charge < -0.3 is 10.2 Å². The molecule has 1 aliphatic heterocycles. The zero-order valence-electron chi connectivity index (χ0n) is 8.97. The van der Waals surface area contributed by atoms with Crippen molar-refractivity contribution in [3.05, 3.63) is 24.9 Å². The molecular formula is C11H18N2O. The molecule has 1 N–H and O–H groups in total. The number of nitrogens with zero attached hydrogens (tertiary/aromatic N) is 1. The molecule has 14 heavy (non-hydrogen) atoms. The van der Waals surface area contributed by atoms with E-state index in [1.165, 1.54) is 0 Å². The van der Waals surface area contributed by atoms with Crippen LogP contribution < -0.4 is 5.32 Å². The normalized spacial score (nSPS) is 19.1. The van der Waals surface area contributed by atoms with Gasteiger partial charge in [-0.25, -0.2) is 4.79 Å². The number of carbonyl (C=O) groups excluding carboxylic acids is 1. The molecule has 0 aliphatic carbocycles. The molecule has 0 bridgehead atoms. The molecule has 3 heteroatoms. The summed E-state index contributed by atoms with van der Waals surface area (Å²) >= 11 is 0. The molecule has 0 aromatic rings. The second-order valence-corrected chi connectivity index (χ2v) is 4.50. The lowest BCUT2D eigenvalue weighted by Crippen LogP contribution is -2.38. The second kappa shape index (κ2) is 3.86. The Morgan fingerprint density at radius 3 is 2.64 bits per heavy atom. The molecule has 1 rings (SSSR count). The van der Waals surface area contributed by atoms with Crippen LogP contribution in [0.2, 0.25) is 0 Å². The molecule has 78 valence electrons. The van der Waals surface area contributed by atoms with Crippen molar-refractivity contribution < 1.29 is 4.79 Å². The molecule has 0 unspecified atom stereocenters. The molecule has 0 aromatic carbocycles. The molecule has 2 amide bonds. The number of likely N-dealkylation sites (tertiary alicyclic amines) is 1. The van der Waals surface area contributed by atoms with Crippen LogP contribution >= 0.6 is 0 Å². The van der Waals surface area contributed by atoms with Crippen LogP contribution in [0, 0.1) is 5.41 Å². The first kappa shape index (κ1) is 10.8. The molecule has 0 saturated carbocycles. The molecule has 0 aromatic heterocycles. The summed E-state index contributed by atoms with van der Waals surface area (Å²) in [6.45, 7) is 13.2. The highest BCUT2D eigenvalue weighted by atomic mass is 16.2. The average molecular weight is 194 g/mol. The summed E-state index contributed by atoms with van der Waals surface area (Å²) in [5.74, 6) is 0. The number of nitrogens with one attached hydrogen (secondary N) is 1. The highest BCUT2D eigenvalue weighted by molar-refractivity contribution is 5.76. The maximum Gasteiger partial charge on any atom is 0.321 e. The van der Waals surface area contributed by atoms with E-state index in [1.54, 1.807) is 6.08 Å². The Bertz CT molecular complexity index is 268. The largest absolute Gasteiger partial charge is 0.324 e. The average Bonchev–Trinajstić information content (AvgIpc) is 2.46. The van der Waals surface area contributed by atoms with Crippen LogP contribution in [0.3, 0.4) is 0 Å². The van der Waals surface area contributed by atoms with Crippen LogP contribution in [-0.2, 0) is 0 Å². The quantitative estimate of drug-likeness (QED) is 0.671. The fourth-order valence-electron chi connectivity index (χ4n) is 1.55. The van der Waals surface area contributed by atoms with E-state index in [-0.39, 0.29) is 11.4 Å². The van der Waals surface area contributed by atoms with E-state index in [4.69, 9.17) is 0 Å². The van der Waals surface area contributed by atoms with Gasteiger partial charge in [0, 0.05) is 18.8 Å². The zero-order valence-corrected chi connectivity index (χ0v) is 8.97. The summed E-state index contributed by atoms with van der Waals surface area (Å²) in [4.78, 5) is 13.4. The third kappa shape index (κ3) is 2.62. The Balaban J connectivity index is 2.48. The smallest absolute Gasteiger partial charge is 0.321 e. The molecule has 3 nitrogen and oxygen atoms in total. The lowest BCUT2D eigenvalue weighted by atomic mass is 9.93. The van der Waals surface area contributed by atoms with E-state index in [9.17, 15) is 4.79 Å². The maximum atomic E-state index is 11.6. The first-order valence-corrected chi connectivity index (χ1v) is 4.82. The van der Waals surface area contributed by atoms with Gasteiger partial charge in [0.2, 0.25) is 0 Å². The van der Waals surface area contributed by atoms with E-state index in [2.05, 4.69) is 32.3 Å². The van der Waals surface area contributed by atoms with Crippen molar-refractivity contribution in [3.8, 4) is 0 Å². The van der Waals surface area contributed by atoms with Gasteiger partial charge in [-0.3, -0.25) is 0 Å². The maximum absolute atomic E-state index is 11.6. The van der Waals surface area contributed by atoms with Gasteiger partial charge >= 0.3 is 6.03 Å². The number of amides is 2. The molecule has 1 fully saturated rings. The molecule has 0 atom stereocenters. The van der Waals surface area contributed by atoms with Crippen LogP contribution in [-0.4, -0.2) is 24.0 Å². The summed E-state index contributed by atoms with van der Waals surface area (Å²) in [6, 6.07) is -0.0690. The Hall–Kier alpha value is -1.25. The van der Waals surface area contributed by atoms with Crippen LogP contribution in [0.4, 0.5) is 4.79 Å². The first-order valence-electron chi connectivity index (χ1n) is 4.82. The Morgan fingerprint density at radius 1 is 1.57 bits per heavy atom. The Labute approximate surface area is 85.5 Å². The van der Waals surface area contributed by atoms with E-state index < -0.39 is 0 Å². The van der Waals surface area contributed by atoms with Gasteiger partial charge in [-0.05, 0) is 17.9 Å². The van der Waals surface area contributed by atoms with Crippen molar-refractivity contribution in [1.82, 2.24) is 10.2 Å². The fourth-order valence-corrected chi connectivity index (χ4v) is 1.55. The highest BCUT2D eigenvalue weighted by Crippen LogP contribution is 2.28. The van der Waals surface area contributed by atoms with Crippen LogP contribution in [0.5, 0.6) is 0 Å². The summed E-state index contributed by atoms with van der Waals surface area (Å²) in [5.41, 5.74) is 0.798. The molecule has 0 spiro atoms. The molecule has 1 aliphatic rings. The number of hydrogen-bond donors (Lipinski definition) is 1. The predicted molar refractivity (Wildman–Crippen MR) is 57.8 cm³/mol. The van der Waals surface area contributed by atoms with E-state index >= 15 is 0 Å². The van der Waals surface area contributed by atoms with Gasteiger partial charge in [-0.2, -0.15) is 0 Å². The number of rotatable bonds is 2. The summed E-state index contributed by atoms with van der Waals surface area (Å²) < 4.78 is 0. The van der Waals surface area contributed by atoms with E-state index in [1.807, 2.05) is 4.90 Å². The monoisotopic (exact) mass is 194 g/mol. The number of urea groups is 1. The van der Waals surface area contributed by atoms with Crippen LogP contribution in [0.1, 0.15) is 20.3 Å². The topological polar surface area (TPSA) is 32.3 Å². The summed E-state index contributed by atoms with van der Waals surface area (Å²) in [7, 11) is 0. The van der Waals surface area contributed by atoms with Gasteiger partial charge in [-0.15, -0.1) is 0 Å². The zero-order chi connectivity index (χ0) is 10.8.